The van der Waals surface area contributed by atoms with Crippen LogP contribution in [0.1, 0.15) is 37.5 Å². The van der Waals surface area contributed by atoms with Gasteiger partial charge >= 0.3 is 5.69 Å². The molecule has 0 radical (unpaired) electrons. The fourth-order valence-electron chi connectivity index (χ4n) is 4.15. The van der Waals surface area contributed by atoms with Gasteiger partial charge in [-0.3, -0.25) is 14.1 Å². The third kappa shape index (κ3) is 3.34. The van der Waals surface area contributed by atoms with Crippen LogP contribution in [0.25, 0.3) is 21.9 Å². The molecule has 9 heteroatoms. The largest absolute Gasteiger partial charge is 0.476 e. The van der Waals surface area contributed by atoms with Gasteiger partial charge in [0.1, 0.15) is 0 Å². The van der Waals surface area contributed by atoms with Crippen molar-refractivity contribution in [1.29, 1.82) is 0 Å². The number of aliphatic hydroxyl groups is 1. The lowest BCUT2D eigenvalue weighted by molar-refractivity contribution is 0.144. The first-order valence-corrected chi connectivity index (χ1v) is 11.2. The van der Waals surface area contributed by atoms with Crippen LogP contribution >= 0.6 is 11.6 Å². The Kier molecular flexibility index (Phi) is 4.48. The van der Waals surface area contributed by atoms with Gasteiger partial charge in [-0.2, -0.15) is 4.98 Å². The SMILES string of the molecule is O=c1n(Cc2nc(OCC3(CO)CC3)c3ccc(Cl)cc3n2)c2cnccc2n1C1CC1. The zero-order valence-corrected chi connectivity index (χ0v) is 18.1. The molecular formula is C23H22ClN5O3. The highest BCUT2D eigenvalue weighted by molar-refractivity contribution is 6.31. The third-order valence-corrected chi connectivity index (χ3v) is 6.69. The molecule has 0 saturated heterocycles. The summed E-state index contributed by atoms with van der Waals surface area (Å²) in [5.74, 6) is 0.905. The summed E-state index contributed by atoms with van der Waals surface area (Å²) in [5.41, 5.74) is 2.04. The molecule has 2 aliphatic rings. The summed E-state index contributed by atoms with van der Waals surface area (Å²) in [4.78, 5) is 26.8. The second-order valence-corrected chi connectivity index (χ2v) is 9.32. The van der Waals surface area contributed by atoms with Crippen molar-refractivity contribution in [3.63, 3.8) is 0 Å². The van der Waals surface area contributed by atoms with E-state index in [1.165, 1.54) is 0 Å². The number of imidazole rings is 1. The summed E-state index contributed by atoms with van der Waals surface area (Å²) in [6.45, 7) is 0.686. The van der Waals surface area contributed by atoms with E-state index >= 15 is 0 Å². The van der Waals surface area contributed by atoms with Gasteiger partial charge in [0.25, 0.3) is 0 Å². The number of nitrogens with zero attached hydrogens (tertiary/aromatic N) is 5. The van der Waals surface area contributed by atoms with Crippen molar-refractivity contribution in [2.45, 2.75) is 38.3 Å². The van der Waals surface area contributed by atoms with Crippen LogP contribution in [-0.2, 0) is 6.54 Å². The Morgan fingerprint density at radius 3 is 2.78 bits per heavy atom. The number of hydrogen-bond acceptors (Lipinski definition) is 6. The van der Waals surface area contributed by atoms with Crippen LogP contribution in [0.15, 0.2) is 41.5 Å². The molecule has 6 rings (SSSR count). The normalized spacial score (nSPS) is 17.2. The number of aromatic nitrogens is 5. The maximum absolute atomic E-state index is 13.2. The van der Waals surface area contributed by atoms with Gasteiger partial charge in [-0.25, -0.2) is 9.78 Å². The van der Waals surface area contributed by atoms with Gasteiger partial charge < -0.3 is 9.84 Å². The first-order valence-electron chi connectivity index (χ1n) is 10.8. The van der Waals surface area contributed by atoms with Gasteiger partial charge in [0, 0.05) is 22.7 Å². The van der Waals surface area contributed by atoms with Crippen LogP contribution in [0.2, 0.25) is 5.02 Å². The molecule has 164 valence electrons. The average Bonchev–Trinajstić information content (AvgIpc) is 3.72. The van der Waals surface area contributed by atoms with Crippen molar-refractivity contribution in [2.75, 3.05) is 13.2 Å². The molecule has 0 unspecified atom stereocenters. The molecule has 0 bridgehead atoms. The van der Waals surface area contributed by atoms with E-state index in [0.29, 0.717) is 28.9 Å². The molecule has 3 heterocycles. The molecule has 8 nitrogen and oxygen atoms in total. The molecule has 32 heavy (non-hydrogen) atoms. The Morgan fingerprint density at radius 2 is 2.03 bits per heavy atom. The monoisotopic (exact) mass is 451 g/mol. The van der Waals surface area contributed by atoms with Crippen LogP contribution in [0.4, 0.5) is 0 Å². The summed E-state index contributed by atoms with van der Waals surface area (Å²) >= 11 is 6.21. The molecule has 0 amide bonds. The molecule has 2 aliphatic carbocycles. The van der Waals surface area contributed by atoms with Crippen molar-refractivity contribution in [2.24, 2.45) is 5.41 Å². The number of rotatable bonds is 7. The van der Waals surface area contributed by atoms with Gasteiger partial charge in [-0.05, 0) is 49.9 Å². The lowest BCUT2D eigenvalue weighted by Crippen LogP contribution is -2.25. The fraction of sp³-hybridized carbons (Fsp3) is 0.391. The highest BCUT2D eigenvalue weighted by Gasteiger charge is 2.43. The molecular weight excluding hydrogens is 430 g/mol. The second-order valence-electron chi connectivity index (χ2n) is 8.89. The Balaban J connectivity index is 1.43. The summed E-state index contributed by atoms with van der Waals surface area (Å²) in [6.07, 6.45) is 7.32. The fourth-order valence-corrected chi connectivity index (χ4v) is 4.32. The van der Waals surface area contributed by atoms with Crippen molar-refractivity contribution in [3.8, 4) is 5.88 Å². The molecule has 2 fully saturated rings. The molecule has 1 aromatic carbocycles. The molecule has 0 aliphatic heterocycles. The Labute approximate surface area is 188 Å². The van der Waals surface area contributed by atoms with E-state index < -0.39 is 0 Å². The lowest BCUT2D eigenvalue weighted by Gasteiger charge is -2.15. The molecule has 2 saturated carbocycles. The number of aliphatic hydroxyl groups excluding tert-OH is 1. The zero-order chi connectivity index (χ0) is 21.9. The smallest absolute Gasteiger partial charge is 0.329 e. The highest BCUT2D eigenvalue weighted by Crippen LogP contribution is 2.45. The van der Waals surface area contributed by atoms with Crippen molar-refractivity contribution < 1.29 is 9.84 Å². The number of halogens is 1. The molecule has 0 atom stereocenters. The third-order valence-electron chi connectivity index (χ3n) is 6.45. The van der Waals surface area contributed by atoms with Crippen molar-refractivity contribution >= 4 is 33.5 Å². The van der Waals surface area contributed by atoms with Crippen LogP contribution < -0.4 is 10.4 Å². The van der Waals surface area contributed by atoms with Gasteiger partial charge in [0.15, 0.2) is 5.82 Å². The van der Waals surface area contributed by atoms with E-state index in [1.54, 1.807) is 29.1 Å². The minimum Gasteiger partial charge on any atom is -0.476 e. The zero-order valence-electron chi connectivity index (χ0n) is 17.4. The number of ether oxygens (including phenoxy) is 1. The average molecular weight is 452 g/mol. The Hall–Kier alpha value is -2.97. The van der Waals surface area contributed by atoms with Crippen LogP contribution in [0.5, 0.6) is 5.88 Å². The maximum Gasteiger partial charge on any atom is 0.329 e. The van der Waals surface area contributed by atoms with Crippen LogP contribution in [-0.4, -0.2) is 42.4 Å². The lowest BCUT2D eigenvalue weighted by atomic mass is 10.1. The second kappa shape index (κ2) is 7.28. The number of benzene rings is 1. The van der Waals surface area contributed by atoms with Gasteiger partial charge in [-0.15, -0.1) is 0 Å². The molecule has 3 aromatic heterocycles. The minimum absolute atomic E-state index is 0.0787. The molecule has 1 N–H and O–H groups in total. The first-order chi connectivity index (χ1) is 15.6. The summed E-state index contributed by atoms with van der Waals surface area (Å²) in [6, 6.07) is 7.51. The van der Waals surface area contributed by atoms with Gasteiger partial charge in [-0.1, -0.05) is 11.6 Å². The summed E-state index contributed by atoms with van der Waals surface area (Å²) in [7, 11) is 0. The molecule has 4 aromatic rings. The summed E-state index contributed by atoms with van der Waals surface area (Å²) in [5, 5.41) is 11.0. The van der Waals surface area contributed by atoms with Crippen LogP contribution in [0.3, 0.4) is 0 Å². The standard InChI is InChI=1S/C23H22ClN5O3/c24-14-1-4-16-17(9-14)26-20(27-21(16)32-13-23(12-30)6-7-23)11-28-19-10-25-8-5-18(19)29(22(28)31)15-2-3-15/h1,4-5,8-10,15,30H,2-3,6-7,11-13H2. The van der Waals surface area contributed by atoms with E-state index in [4.69, 9.17) is 16.3 Å². The predicted molar refractivity (Wildman–Crippen MR) is 120 cm³/mol. The van der Waals surface area contributed by atoms with Gasteiger partial charge in [0.05, 0.1) is 47.9 Å². The van der Waals surface area contributed by atoms with Crippen LogP contribution in [0, 0.1) is 5.41 Å². The van der Waals surface area contributed by atoms with Crippen molar-refractivity contribution in [1.82, 2.24) is 24.1 Å². The number of hydrogen-bond donors (Lipinski definition) is 1. The quantitative estimate of drug-likeness (QED) is 0.463. The first kappa shape index (κ1) is 19.7. The minimum atomic E-state index is -0.176. The Morgan fingerprint density at radius 1 is 1.19 bits per heavy atom. The van der Waals surface area contributed by atoms with E-state index in [2.05, 4.69) is 15.0 Å². The van der Waals surface area contributed by atoms with Crippen molar-refractivity contribution in [3.05, 3.63) is 58.0 Å². The molecule has 0 spiro atoms. The highest BCUT2D eigenvalue weighted by atomic mass is 35.5. The number of fused-ring (bicyclic) bond motifs is 2. The van der Waals surface area contributed by atoms with E-state index in [1.807, 2.05) is 16.7 Å². The predicted octanol–water partition coefficient (Wildman–Crippen LogP) is 3.33. The van der Waals surface area contributed by atoms with E-state index in [0.717, 1.165) is 42.1 Å². The van der Waals surface area contributed by atoms with E-state index in [9.17, 15) is 9.90 Å². The number of pyridine rings is 1. The Bertz CT molecular complexity index is 1400. The van der Waals surface area contributed by atoms with E-state index in [-0.39, 0.29) is 30.3 Å². The van der Waals surface area contributed by atoms with Gasteiger partial charge in [0.2, 0.25) is 5.88 Å². The summed E-state index contributed by atoms with van der Waals surface area (Å²) < 4.78 is 9.59. The topological polar surface area (TPSA) is 95.1 Å². The maximum atomic E-state index is 13.2.